The van der Waals surface area contributed by atoms with E-state index in [9.17, 15) is 4.79 Å². The lowest BCUT2D eigenvalue weighted by Crippen LogP contribution is -2.07. The molecule has 0 aliphatic rings. The van der Waals surface area contributed by atoms with E-state index in [-0.39, 0.29) is 5.97 Å². The van der Waals surface area contributed by atoms with Crippen LogP contribution in [0.4, 0.5) is 0 Å². The van der Waals surface area contributed by atoms with Crippen molar-refractivity contribution in [2.75, 3.05) is 6.61 Å². The maximum absolute atomic E-state index is 11.8. The topological polar surface area (TPSA) is 26.3 Å². The second kappa shape index (κ2) is 11.5. The predicted molar refractivity (Wildman–Crippen MR) is 104 cm³/mol. The Morgan fingerprint density at radius 3 is 2.16 bits per heavy atom. The Morgan fingerprint density at radius 1 is 0.800 bits per heavy atom. The number of hydrogen-bond acceptors (Lipinski definition) is 2. The highest BCUT2D eigenvalue weighted by atomic mass is 16.5. The third kappa shape index (κ3) is 8.02. The van der Waals surface area contributed by atoms with Crippen molar-refractivity contribution < 1.29 is 9.53 Å². The highest BCUT2D eigenvalue weighted by molar-refractivity contribution is 5.69. The quantitative estimate of drug-likeness (QED) is 0.387. The molecule has 0 saturated heterocycles. The van der Waals surface area contributed by atoms with E-state index in [1.807, 2.05) is 6.07 Å². The monoisotopic (exact) mass is 338 g/mol. The van der Waals surface area contributed by atoms with Crippen LogP contribution >= 0.6 is 0 Å². The van der Waals surface area contributed by atoms with E-state index >= 15 is 0 Å². The van der Waals surface area contributed by atoms with Crippen LogP contribution in [-0.2, 0) is 22.4 Å². The Labute approximate surface area is 152 Å². The maximum Gasteiger partial charge on any atom is 0.306 e. The average Bonchev–Trinajstić information content (AvgIpc) is 2.65. The van der Waals surface area contributed by atoms with E-state index in [1.54, 1.807) is 0 Å². The normalized spacial score (nSPS) is 10.6. The average molecular weight is 338 g/mol. The molecule has 0 atom stereocenters. The first-order chi connectivity index (χ1) is 12.3. The Balaban J connectivity index is 1.64. The summed E-state index contributed by atoms with van der Waals surface area (Å²) in [7, 11) is 0. The number of hydrogen-bond donors (Lipinski definition) is 0. The first kappa shape index (κ1) is 19.2. The molecule has 0 unspecified atom stereocenters. The van der Waals surface area contributed by atoms with Crippen molar-refractivity contribution in [1.29, 1.82) is 0 Å². The van der Waals surface area contributed by atoms with Gasteiger partial charge < -0.3 is 4.74 Å². The summed E-state index contributed by atoms with van der Waals surface area (Å²) in [4.78, 5) is 11.8. The zero-order valence-electron chi connectivity index (χ0n) is 15.4. The smallest absolute Gasteiger partial charge is 0.306 e. The summed E-state index contributed by atoms with van der Waals surface area (Å²) < 4.78 is 5.31. The van der Waals surface area contributed by atoms with Gasteiger partial charge in [-0.3, -0.25) is 4.79 Å². The number of carbonyl (C=O) groups is 1. The molecular formula is C23H30O2. The fourth-order valence-electron chi connectivity index (χ4n) is 2.87. The molecule has 134 valence electrons. The first-order valence-corrected chi connectivity index (χ1v) is 9.55. The summed E-state index contributed by atoms with van der Waals surface area (Å²) in [5.74, 6) is -0.0798. The molecule has 0 bridgehead atoms. The van der Waals surface area contributed by atoms with E-state index in [2.05, 4.69) is 55.5 Å². The van der Waals surface area contributed by atoms with Gasteiger partial charge in [0.2, 0.25) is 0 Å². The van der Waals surface area contributed by atoms with Gasteiger partial charge in [0.25, 0.3) is 0 Å². The van der Waals surface area contributed by atoms with Gasteiger partial charge >= 0.3 is 5.97 Å². The van der Waals surface area contributed by atoms with Gasteiger partial charge in [-0.05, 0) is 36.0 Å². The minimum atomic E-state index is -0.0798. The van der Waals surface area contributed by atoms with E-state index in [1.165, 1.54) is 36.0 Å². The molecule has 0 amide bonds. The minimum absolute atomic E-state index is 0.0798. The van der Waals surface area contributed by atoms with E-state index in [4.69, 9.17) is 4.74 Å². The fourth-order valence-corrected chi connectivity index (χ4v) is 2.87. The van der Waals surface area contributed by atoms with Crippen molar-refractivity contribution in [3.63, 3.8) is 0 Å². The fraction of sp³-hybridized carbons (Fsp3) is 0.435. The number of rotatable bonds is 11. The molecule has 2 aromatic carbocycles. The van der Waals surface area contributed by atoms with Crippen LogP contribution in [0.15, 0.2) is 54.6 Å². The van der Waals surface area contributed by atoms with Crippen LogP contribution in [0.1, 0.15) is 62.1 Å². The lowest BCUT2D eigenvalue weighted by Gasteiger charge is -2.06. The molecule has 0 spiro atoms. The largest absolute Gasteiger partial charge is 0.466 e. The zero-order chi connectivity index (χ0) is 17.7. The predicted octanol–water partition coefficient (Wildman–Crippen LogP) is 5.72. The van der Waals surface area contributed by atoms with Gasteiger partial charge in [0.1, 0.15) is 0 Å². The van der Waals surface area contributed by atoms with Crippen molar-refractivity contribution in [1.82, 2.24) is 0 Å². The molecule has 2 heteroatoms. The van der Waals surface area contributed by atoms with Crippen LogP contribution in [0, 0.1) is 0 Å². The summed E-state index contributed by atoms with van der Waals surface area (Å²) in [5, 5.41) is 0. The molecule has 25 heavy (non-hydrogen) atoms. The summed E-state index contributed by atoms with van der Waals surface area (Å²) in [6.07, 6.45) is 8.06. The summed E-state index contributed by atoms with van der Waals surface area (Å²) in [6, 6.07) is 19.0. The molecule has 0 saturated carbocycles. The third-order valence-corrected chi connectivity index (χ3v) is 4.40. The summed E-state index contributed by atoms with van der Waals surface area (Å²) >= 11 is 0. The van der Waals surface area contributed by atoms with Crippen LogP contribution in [0.2, 0.25) is 0 Å². The standard InChI is InChI=1S/C23H30O2/c1-2-3-4-5-9-18-25-23(24)17-16-20-12-14-22(15-13-20)19-21-10-7-6-8-11-21/h6-8,10-15H,2-5,9,16-19H2,1H3. The zero-order valence-corrected chi connectivity index (χ0v) is 15.4. The van der Waals surface area contributed by atoms with Gasteiger partial charge in [-0.15, -0.1) is 0 Å². The highest BCUT2D eigenvalue weighted by Gasteiger charge is 2.04. The van der Waals surface area contributed by atoms with Crippen LogP contribution in [-0.4, -0.2) is 12.6 Å². The summed E-state index contributed by atoms with van der Waals surface area (Å²) in [6.45, 7) is 2.77. The van der Waals surface area contributed by atoms with E-state index in [0.29, 0.717) is 13.0 Å². The van der Waals surface area contributed by atoms with Gasteiger partial charge in [-0.2, -0.15) is 0 Å². The van der Waals surface area contributed by atoms with Crippen molar-refractivity contribution in [3.05, 3.63) is 71.3 Å². The molecule has 0 aromatic heterocycles. The van der Waals surface area contributed by atoms with Gasteiger partial charge in [0, 0.05) is 6.42 Å². The van der Waals surface area contributed by atoms with Gasteiger partial charge in [-0.25, -0.2) is 0 Å². The van der Waals surface area contributed by atoms with Crippen LogP contribution in [0.25, 0.3) is 0 Å². The second-order valence-electron chi connectivity index (χ2n) is 6.61. The molecule has 0 aliphatic carbocycles. The van der Waals surface area contributed by atoms with Crippen LogP contribution < -0.4 is 0 Å². The second-order valence-corrected chi connectivity index (χ2v) is 6.61. The molecule has 0 fully saturated rings. The SMILES string of the molecule is CCCCCCCOC(=O)CCc1ccc(Cc2ccccc2)cc1. The van der Waals surface area contributed by atoms with Gasteiger partial charge in [-0.1, -0.05) is 87.2 Å². The summed E-state index contributed by atoms with van der Waals surface area (Å²) in [5.41, 5.74) is 3.80. The Kier molecular flexibility index (Phi) is 8.82. The minimum Gasteiger partial charge on any atom is -0.466 e. The molecule has 2 rings (SSSR count). The van der Waals surface area contributed by atoms with Crippen molar-refractivity contribution in [2.45, 2.75) is 58.3 Å². The maximum atomic E-state index is 11.8. The number of carbonyl (C=O) groups excluding carboxylic acids is 1. The third-order valence-electron chi connectivity index (χ3n) is 4.40. The first-order valence-electron chi connectivity index (χ1n) is 9.55. The van der Waals surface area contributed by atoms with Crippen molar-refractivity contribution in [3.8, 4) is 0 Å². The van der Waals surface area contributed by atoms with Crippen molar-refractivity contribution >= 4 is 5.97 Å². The van der Waals surface area contributed by atoms with Crippen LogP contribution in [0.3, 0.4) is 0 Å². The molecule has 0 aliphatic heterocycles. The van der Waals surface area contributed by atoms with Gasteiger partial charge in [0.05, 0.1) is 6.61 Å². The number of aryl methyl sites for hydroxylation is 1. The lowest BCUT2D eigenvalue weighted by atomic mass is 10.0. The molecule has 0 radical (unpaired) electrons. The molecule has 2 aromatic rings. The Bertz CT molecular complexity index is 602. The van der Waals surface area contributed by atoms with Gasteiger partial charge in [0.15, 0.2) is 0 Å². The molecule has 0 N–H and O–H groups in total. The number of ether oxygens (including phenoxy) is 1. The van der Waals surface area contributed by atoms with E-state index < -0.39 is 0 Å². The molecule has 2 nitrogen and oxygen atoms in total. The number of benzene rings is 2. The molecule has 0 heterocycles. The van der Waals surface area contributed by atoms with E-state index in [0.717, 1.165) is 25.7 Å². The Morgan fingerprint density at radius 2 is 1.44 bits per heavy atom. The Hall–Kier alpha value is -2.09. The lowest BCUT2D eigenvalue weighted by molar-refractivity contribution is -0.143. The molecular weight excluding hydrogens is 308 g/mol. The van der Waals surface area contributed by atoms with Crippen LogP contribution in [0.5, 0.6) is 0 Å². The highest BCUT2D eigenvalue weighted by Crippen LogP contribution is 2.12. The van der Waals surface area contributed by atoms with Crippen molar-refractivity contribution in [2.24, 2.45) is 0 Å². The number of esters is 1. The number of unbranched alkanes of at least 4 members (excludes halogenated alkanes) is 4.